The van der Waals surface area contributed by atoms with Crippen molar-refractivity contribution in [2.24, 2.45) is 5.92 Å². The first-order chi connectivity index (χ1) is 11.3. The number of nitrogens with one attached hydrogen (secondary N) is 1. The summed E-state index contributed by atoms with van der Waals surface area (Å²) in [5.74, 6) is 2.49. The Morgan fingerprint density at radius 2 is 1.83 bits per heavy atom. The lowest BCUT2D eigenvalue weighted by atomic mass is 10.0. The van der Waals surface area contributed by atoms with Gasteiger partial charge in [-0.15, -0.1) is 0 Å². The maximum Gasteiger partial charge on any atom is 0.161 e. The van der Waals surface area contributed by atoms with E-state index in [0.29, 0.717) is 19.3 Å². The SMILES string of the molecule is Cc1ccccc1CNC(c1ccc2c(c1)OCCO2)C1CC1. The third-order valence-corrected chi connectivity index (χ3v) is 4.79. The Labute approximate surface area is 137 Å². The van der Waals surface area contributed by atoms with Crippen LogP contribution in [0.2, 0.25) is 0 Å². The summed E-state index contributed by atoms with van der Waals surface area (Å²) in [7, 11) is 0. The molecule has 3 heteroatoms. The monoisotopic (exact) mass is 309 g/mol. The summed E-state index contributed by atoms with van der Waals surface area (Å²) in [6.45, 7) is 4.36. The van der Waals surface area contributed by atoms with E-state index in [1.807, 2.05) is 0 Å². The minimum absolute atomic E-state index is 0.394. The third kappa shape index (κ3) is 3.20. The van der Waals surface area contributed by atoms with Crippen molar-refractivity contribution in [2.75, 3.05) is 13.2 Å². The molecule has 1 heterocycles. The van der Waals surface area contributed by atoms with E-state index < -0.39 is 0 Å². The average Bonchev–Trinajstić information content (AvgIpc) is 3.41. The summed E-state index contributed by atoms with van der Waals surface area (Å²) in [6, 6.07) is 15.4. The number of benzene rings is 2. The van der Waals surface area contributed by atoms with E-state index in [1.54, 1.807) is 0 Å². The van der Waals surface area contributed by atoms with Crippen molar-refractivity contribution in [3.05, 3.63) is 59.2 Å². The molecule has 0 saturated heterocycles. The van der Waals surface area contributed by atoms with Crippen molar-refractivity contribution in [1.29, 1.82) is 0 Å². The minimum Gasteiger partial charge on any atom is -0.486 e. The first kappa shape index (κ1) is 14.6. The lowest BCUT2D eigenvalue weighted by Gasteiger charge is -2.23. The number of hydrogen-bond donors (Lipinski definition) is 1. The zero-order valence-electron chi connectivity index (χ0n) is 13.5. The highest BCUT2D eigenvalue weighted by Crippen LogP contribution is 2.43. The molecule has 0 bridgehead atoms. The van der Waals surface area contributed by atoms with Gasteiger partial charge in [-0.05, 0) is 54.5 Å². The Morgan fingerprint density at radius 3 is 2.61 bits per heavy atom. The normalized spacial score (nSPS) is 17.8. The van der Waals surface area contributed by atoms with Gasteiger partial charge in [0.1, 0.15) is 13.2 Å². The Balaban J connectivity index is 1.53. The molecule has 2 aromatic rings. The van der Waals surface area contributed by atoms with Crippen molar-refractivity contribution in [3.63, 3.8) is 0 Å². The van der Waals surface area contributed by atoms with Crippen LogP contribution in [0.4, 0.5) is 0 Å². The van der Waals surface area contributed by atoms with E-state index in [2.05, 4.69) is 54.7 Å². The number of ether oxygens (including phenoxy) is 2. The molecule has 1 N–H and O–H groups in total. The quantitative estimate of drug-likeness (QED) is 0.905. The van der Waals surface area contributed by atoms with Gasteiger partial charge in [0.05, 0.1) is 0 Å². The van der Waals surface area contributed by atoms with E-state index in [1.165, 1.54) is 29.5 Å². The van der Waals surface area contributed by atoms with Crippen LogP contribution < -0.4 is 14.8 Å². The second-order valence-corrected chi connectivity index (χ2v) is 6.53. The topological polar surface area (TPSA) is 30.5 Å². The van der Waals surface area contributed by atoms with Crippen molar-refractivity contribution in [3.8, 4) is 11.5 Å². The van der Waals surface area contributed by atoms with Gasteiger partial charge in [-0.3, -0.25) is 0 Å². The number of hydrogen-bond acceptors (Lipinski definition) is 3. The van der Waals surface area contributed by atoms with E-state index in [-0.39, 0.29) is 0 Å². The van der Waals surface area contributed by atoms with Crippen molar-refractivity contribution in [2.45, 2.75) is 32.4 Å². The van der Waals surface area contributed by atoms with E-state index in [9.17, 15) is 0 Å². The minimum atomic E-state index is 0.394. The molecule has 3 nitrogen and oxygen atoms in total. The van der Waals surface area contributed by atoms with Gasteiger partial charge in [-0.25, -0.2) is 0 Å². The predicted octanol–water partition coefficient (Wildman–Crippen LogP) is 4.01. The fraction of sp³-hybridized carbons (Fsp3) is 0.400. The van der Waals surface area contributed by atoms with Gasteiger partial charge in [0.15, 0.2) is 11.5 Å². The highest BCUT2D eigenvalue weighted by atomic mass is 16.6. The number of aryl methyl sites for hydroxylation is 1. The molecule has 0 aromatic heterocycles. The second-order valence-electron chi connectivity index (χ2n) is 6.53. The Hall–Kier alpha value is -2.00. The van der Waals surface area contributed by atoms with Crippen molar-refractivity contribution in [1.82, 2.24) is 5.32 Å². The maximum absolute atomic E-state index is 5.74. The van der Waals surface area contributed by atoms with Crippen LogP contribution in [0.25, 0.3) is 0 Å². The van der Waals surface area contributed by atoms with Gasteiger partial charge >= 0.3 is 0 Å². The number of fused-ring (bicyclic) bond motifs is 1. The van der Waals surface area contributed by atoms with Gasteiger partial charge < -0.3 is 14.8 Å². The lowest BCUT2D eigenvalue weighted by molar-refractivity contribution is 0.171. The molecule has 1 unspecified atom stereocenters. The summed E-state index contributed by atoms with van der Waals surface area (Å²) in [6.07, 6.45) is 2.61. The van der Waals surface area contributed by atoms with E-state index in [4.69, 9.17) is 9.47 Å². The summed E-state index contributed by atoms with van der Waals surface area (Å²) >= 11 is 0. The van der Waals surface area contributed by atoms with Crippen LogP contribution in [-0.4, -0.2) is 13.2 Å². The van der Waals surface area contributed by atoms with Crippen LogP contribution in [0.1, 0.15) is 35.6 Å². The first-order valence-corrected chi connectivity index (χ1v) is 8.49. The molecule has 23 heavy (non-hydrogen) atoms. The molecule has 4 rings (SSSR count). The van der Waals surface area contributed by atoms with Crippen LogP contribution in [0.5, 0.6) is 11.5 Å². The fourth-order valence-corrected chi connectivity index (χ4v) is 3.27. The standard InChI is InChI=1S/C20H23NO2/c1-14-4-2-3-5-17(14)13-21-20(15-6-7-15)16-8-9-18-19(12-16)23-11-10-22-18/h2-5,8-9,12,15,20-21H,6-7,10-11,13H2,1H3. The van der Waals surface area contributed by atoms with Crippen LogP contribution in [0.15, 0.2) is 42.5 Å². The zero-order valence-corrected chi connectivity index (χ0v) is 13.5. The zero-order chi connectivity index (χ0) is 15.6. The number of rotatable bonds is 5. The van der Waals surface area contributed by atoms with Gasteiger partial charge in [-0.1, -0.05) is 30.3 Å². The molecule has 0 amide bonds. The summed E-state index contributed by atoms with van der Waals surface area (Å²) in [5.41, 5.74) is 4.03. The molecule has 2 aliphatic rings. The molecule has 1 aliphatic carbocycles. The smallest absolute Gasteiger partial charge is 0.161 e. The van der Waals surface area contributed by atoms with Crippen LogP contribution in [-0.2, 0) is 6.54 Å². The van der Waals surface area contributed by atoms with Crippen molar-refractivity contribution >= 4 is 0 Å². The first-order valence-electron chi connectivity index (χ1n) is 8.49. The average molecular weight is 309 g/mol. The largest absolute Gasteiger partial charge is 0.486 e. The molecule has 0 radical (unpaired) electrons. The summed E-state index contributed by atoms with van der Waals surface area (Å²) < 4.78 is 11.4. The predicted molar refractivity (Wildman–Crippen MR) is 90.9 cm³/mol. The maximum atomic E-state index is 5.74. The van der Waals surface area contributed by atoms with Gasteiger partial charge in [0.25, 0.3) is 0 Å². The molecule has 120 valence electrons. The molecular formula is C20H23NO2. The molecule has 1 atom stereocenters. The molecule has 1 saturated carbocycles. The molecule has 2 aromatic carbocycles. The Bertz CT molecular complexity index is 694. The second kappa shape index (κ2) is 6.25. The fourth-order valence-electron chi connectivity index (χ4n) is 3.27. The van der Waals surface area contributed by atoms with Crippen molar-refractivity contribution < 1.29 is 9.47 Å². The van der Waals surface area contributed by atoms with Crippen LogP contribution in [0, 0.1) is 12.8 Å². The molecule has 1 aliphatic heterocycles. The molecule has 1 fully saturated rings. The third-order valence-electron chi connectivity index (χ3n) is 4.79. The van der Waals surface area contributed by atoms with E-state index >= 15 is 0 Å². The highest BCUT2D eigenvalue weighted by molar-refractivity contribution is 5.45. The highest BCUT2D eigenvalue weighted by Gasteiger charge is 2.32. The van der Waals surface area contributed by atoms with Gasteiger partial charge in [0, 0.05) is 12.6 Å². The lowest BCUT2D eigenvalue weighted by Crippen LogP contribution is -2.23. The Morgan fingerprint density at radius 1 is 1.04 bits per heavy atom. The molecule has 0 spiro atoms. The van der Waals surface area contributed by atoms with Crippen LogP contribution in [0.3, 0.4) is 0 Å². The van der Waals surface area contributed by atoms with Gasteiger partial charge in [0.2, 0.25) is 0 Å². The van der Waals surface area contributed by atoms with Crippen LogP contribution >= 0.6 is 0 Å². The summed E-state index contributed by atoms with van der Waals surface area (Å²) in [5, 5.41) is 3.77. The molecular weight excluding hydrogens is 286 g/mol. The summed E-state index contributed by atoms with van der Waals surface area (Å²) in [4.78, 5) is 0. The Kier molecular flexibility index (Phi) is 3.96. The van der Waals surface area contributed by atoms with E-state index in [0.717, 1.165) is 24.0 Å². The van der Waals surface area contributed by atoms with Gasteiger partial charge in [-0.2, -0.15) is 0 Å².